The minimum absolute atomic E-state index is 0.228. The van der Waals surface area contributed by atoms with Gasteiger partial charge in [0.05, 0.1) is 40.4 Å². The largest absolute Gasteiger partial charge is 0.493 e. The first-order valence-corrected chi connectivity index (χ1v) is 8.18. The highest BCUT2D eigenvalue weighted by Gasteiger charge is 2.12. The summed E-state index contributed by atoms with van der Waals surface area (Å²) >= 11 is 0. The van der Waals surface area contributed by atoms with Crippen LogP contribution in [-0.4, -0.2) is 45.9 Å². The van der Waals surface area contributed by atoms with E-state index in [0.29, 0.717) is 28.6 Å². The van der Waals surface area contributed by atoms with Gasteiger partial charge in [0.15, 0.2) is 11.5 Å². The van der Waals surface area contributed by atoms with Crippen molar-refractivity contribution in [2.24, 2.45) is 5.10 Å². The summed E-state index contributed by atoms with van der Waals surface area (Å²) in [5.74, 6) is 1.00. The fourth-order valence-electron chi connectivity index (χ4n) is 2.16. The number of methoxy groups -OCH3 is 3. The highest BCUT2D eigenvalue weighted by molar-refractivity contribution is 5.94. The van der Waals surface area contributed by atoms with Crippen LogP contribution in [0.5, 0.6) is 17.2 Å². The van der Waals surface area contributed by atoms with E-state index < -0.39 is 11.8 Å². The van der Waals surface area contributed by atoms with Crippen LogP contribution in [0.1, 0.15) is 11.3 Å². The van der Waals surface area contributed by atoms with Gasteiger partial charge in [-0.15, -0.1) is 0 Å². The van der Waals surface area contributed by atoms with Gasteiger partial charge in [0.2, 0.25) is 11.7 Å². The molecule has 9 heteroatoms. The van der Waals surface area contributed by atoms with Gasteiger partial charge in [-0.25, -0.2) is 5.43 Å². The number of hydrogen-bond donors (Lipinski definition) is 2. The summed E-state index contributed by atoms with van der Waals surface area (Å²) in [5.41, 5.74) is 2.95. The number of carbonyl (C=O) groups excluding carboxylic acids is 2. The number of benzene rings is 1. The fraction of sp³-hybridized carbons (Fsp3) is 0.211. The van der Waals surface area contributed by atoms with E-state index in [0.717, 1.165) is 0 Å². The maximum Gasteiger partial charge on any atom is 0.259 e. The maximum absolute atomic E-state index is 11.8. The van der Waals surface area contributed by atoms with Gasteiger partial charge in [-0.3, -0.25) is 9.59 Å². The van der Waals surface area contributed by atoms with Crippen molar-refractivity contribution in [1.29, 1.82) is 0 Å². The summed E-state index contributed by atoms with van der Waals surface area (Å²) in [6, 6.07) is 6.77. The number of nitrogens with one attached hydrogen (secondary N) is 2. The first kappa shape index (κ1) is 20.6. The van der Waals surface area contributed by atoms with Crippen LogP contribution in [0.4, 0.5) is 0 Å². The number of nitrogens with zero attached hydrogens (tertiary/aromatic N) is 1. The van der Waals surface area contributed by atoms with Crippen molar-refractivity contribution >= 4 is 24.1 Å². The molecule has 148 valence electrons. The summed E-state index contributed by atoms with van der Waals surface area (Å²) in [4.78, 5) is 23.4. The van der Waals surface area contributed by atoms with Gasteiger partial charge in [-0.05, 0) is 30.3 Å². The minimum Gasteiger partial charge on any atom is -0.493 e. The second kappa shape index (κ2) is 10.4. The van der Waals surface area contributed by atoms with Gasteiger partial charge in [-0.1, -0.05) is 0 Å². The highest BCUT2D eigenvalue weighted by atomic mass is 16.5. The Bertz CT molecular complexity index is 834. The quantitative estimate of drug-likeness (QED) is 0.384. The Kier molecular flexibility index (Phi) is 7.64. The molecule has 0 fully saturated rings. The van der Waals surface area contributed by atoms with E-state index in [1.807, 2.05) is 0 Å². The molecule has 0 aliphatic heterocycles. The summed E-state index contributed by atoms with van der Waals surface area (Å²) in [6.07, 6.45) is 5.68. The lowest BCUT2D eigenvalue weighted by Crippen LogP contribution is -2.34. The Morgan fingerprint density at radius 1 is 1.14 bits per heavy atom. The first-order valence-electron chi connectivity index (χ1n) is 8.18. The molecular formula is C19H21N3O6. The standard InChI is InChI=1S/C19H21N3O6/c1-25-15-9-13(10-16(26-2)19(15)27-3)11-21-22-18(24)12-20-17(23)7-6-14-5-4-8-28-14/h4-11H,12H2,1-3H3,(H,20,23)(H,22,24). The zero-order valence-electron chi connectivity index (χ0n) is 15.7. The van der Waals surface area contributed by atoms with Gasteiger partial charge < -0.3 is 23.9 Å². The Balaban J connectivity index is 1.86. The van der Waals surface area contributed by atoms with Gasteiger partial charge >= 0.3 is 0 Å². The van der Waals surface area contributed by atoms with Gasteiger partial charge in [0.1, 0.15) is 5.76 Å². The molecule has 2 rings (SSSR count). The lowest BCUT2D eigenvalue weighted by atomic mass is 10.2. The van der Waals surface area contributed by atoms with Crippen molar-refractivity contribution in [2.75, 3.05) is 27.9 Å². The number of furan rings is 1. The molecule has 0 saturated heterocycles. The molecule has 0 unspecified atom stereocenters. The summed E-state index contributed by atoms with van der Waals surface area (Å²) in [6.45, 7) is -0.228. The molecule has 0 radical (unpaired) electrons. The van der Waals surface area contributed by atoms with Crippen molar-refractivity contribution in [3.63, 3.8) is 0 Å². The number of hydrogen-bond acceptors (Lipinski definition) is 7. The highest BCUT2D eigenvalue weighted by Crippen LogP contribution is 2.37. The van der Waals surface area contributed by atoms with Crippen molar-refractivity contribution in [3.8, 4) is 17.2 Å². The molecule has 0 aliphatic rings. The fourth-order valence-corrected chi connectivity index (χ4v) is 2.16. The predicted molar refractivity (Wildman–Crippen MR) is 103 cm³/mol. The number of amides is 2. The molecule has 0 atom stereocenters. The van der Waals surface area contributed by atoms with E-state index in [9.17, 15) is 9.59 Å². The van der Waals surface area contributed by atoms with Crippen LogP contribution in [0.25, 0.3) is 6.08 Å². The molecule has 0 bridgehead atoms. The number of ether oxygens (including phenoxy) is 3. The summed E-state index contributed by atoms with van der Waals surface area (Å²) < 4.78 is 20.8. The van der Waals surface area contributed by atoms with Crippen LogP contribution in [0.15, 0.2) is 46.1 Å². The molecular weight excluding hydrogens is 366 g/mol. The van der Waals surface area contributed by atoms with E-state index >= 15 is 0 Å². The molecule has 0 saturated carbocycles. The van der Waals surface area contributed by atoms with Crippen LogP contribution in [0, 0.1) is 0 Å². The number of hydrazone groups is 1. The Labute approximate surface area is 162 Å². The first-order chi connectivity index (χ1) is 13.6. The average molecular weight is 387 g/mol. The Hall–Kier alpha value is -3.75. The van der Waals surface area contributed by atoms with Crippen LogP contribution < -0.4 is 25.0 Å². The third-order valence-corrected chi connectivity index (χ3v) is 3.46. The van der Waals surface area contributed by atoms with Gasteiger partial charge in [0.25, 0.3) is 5.91 Å². The number of rotatable bonds is 9. The normalized spacial score (nSPS) is 10.8. The lowest BCUT2D eigenvalue weighted by Gasteiger charge is -2.12. The van der Waals surface area contributed by atoms with Gasteiger partial charge in [-0.2, -0.15) is 5.10 Å². The van der Waals surface area contributed by atoms with Crippen LogP contribution in [0.3, 0.4) is 0 Å². The van der Waals surface area contributed by atoms with Crippen molar-refractivity contribution < 1.29 is 28.2 Å². The zero-order chi connectivity index (χ0) is 20.4. The SMILES string of the molecule is COc1cc(C=NNC(=O)CNC(=O)C=Cc2ccco2)cc(OC)c1OC. The smallest absolute Gasteiger partial charge is 0.259 e. The molecule has 0 aliphatic carbocycles. The molecule has 9 nitrogen and oxygen atoms in total. The summed E-state index contributed by atoms with van der Waals surface area (Å²) in [7, 11) is 4.51. The van der Waals surface area contributed by atoms with E-state index in [-0.39, 0.29) is 6.54 Å². The van der Waals surface area contributed by atoms with Crippen LogP contribution in [-0.2, 0) is 9.59 Å². The average Bonchev–Trinajstić information content (AvgIpc) is 3.23. The molecule has 2 N–H and O–H groups in total. The number of carbonyl (C=O) groups is 2. The third kappa shape index (κ3) is 5.90. The molecule has 28 heavy (non-hydrogen) atoms. The van der Waals surface area contributed by atoms with Crippen molar-refractivity contribution in [2.45, 2.75) is 0 Å². The van der Waals surface area contributed by atoms with Crippen LogP contribution in [0.2, 0.25) is 0 Å². The van der Waals surface area contributed by atoms with Crippen molar-refractivity contribution in [1.82, 2.24) is 10.7 Å². The molecule has 1 heterocycles. The molecule has 2 aromatic rings. The van der Waals surface area contributed by atoms with Crippen molar-refractivity contribution in [3.05, 3.63) is 47.9 Å². The summed E-state index contributed by atoms with van der Waals surface area (Å²) in [5, 5.41) is 6.29. The topological polar surface area (TPSA) is 111 Å². The Morgan fingerprint density at radius 3 is 2.43 bits per heavy atom. The van der Waals surface area contributed by atoms with E-state index in [1.165, 1.54) is 46.0 Å². The van der Waals surface area contributed by atoms with E-state index in [2.05, 4.69) is 15.8 Å². The third-order valence-electron chi connectivity index (χ3n) is 3.46. The predicted octanol–water partition coefficient (Wildman–Crippen LogP) is 1.59. The van der Waals surface area contributed by atoms with Gasteiger partial charge in [0, 0.05) is 11.6 Å². The second-order valence-electron chi connectivity index (χ2n) is 5.32. The molecule has 0 spiro atoms. The maximum atomic E-state index is 11.8. The zero-order valence-corrected chi connectivity index (χ0v) is 15.7. The molecule has 1 aromatic carbocycles. The Morgan fingerprint density at radius 2 is 1.86 bits per heavy atom. The lowest BCUT2D eigenvalue weighted by molar-refractivity contribution is -0.123. The second-order valence-corrected chi connectivity index (χ2v) is 5.32. The minimum atomic E-state index is -0.483. The monoisotopic (exact) mass is 387 g/mol. The van der Waals surface area contributed by atoms with E-state index in [1.54, 1.807) is 24.3 Å². The molecule has 2 amide bonds. The van der Waals surface area contributed by atoms with E-state index in [4.69, 9.17) is 18.6 Å². The van der Waals surface area contributed by atoms with Crippen LogP contribution >= 0.6 is 0 Å². The molecule has 1 aromatic heterocycles.